The number of rotatable bonds is 1. The second-order valence-electron chi connectivity index (χ2n) is 4.82. The predicted molar refractivity (Wildman–Crippen MR) is 61.7 cm³/mol. The van der Waals surface area contributed by atoms with Crippen LogP contribution >= 0.6 is 0 Å². The first-order valence-electron chi connectivity index (χ1n) is 5.17. The first-order valence-corrected chi connectivity index (χ1v) is 5.17. The van der Waals surface area contributed by atoms with Gasteiger partial charge in [-0.15, -0.1) is 10.2 Å². The lowest BCUT2D eigenvalue weighted by Gasteiger charge is -2.20. The summed E-state index contributed by atoms with van der Waals surface area (Å²) in [7, 11) is 0. The summed E-state index contributed by atoms with van der Waals surface area (Å²) in [6.07, 6.45) is 3.14. The van der Waals surface area contributed by atoms with Gasteiger partial charge in [-0.3, -0.25) is 4.57 Å². The van der Waals surface area contributed by atoms with E-state index in [9.17, 15) is 5.11 Å². The molecule has 0 aliphatic carbocycles. The highest BCUT2D eigenvalue weighted by atomic mass is 16.3. The fraction of sp³-hybridized carbons (Fsp3) is 0.333. The molecule has 0 aliphatic heterocycles. The molecular formula is C12H15N3O. The van der Waals surface area contributed by atoms with Crippen LogP contribution in [-0.2, 0) is 5.41 Å². The van der Waals surface area contributed by atoms with Gasteiger partial charge in [-0.05, 0) is 23.1 Å². The van der Waals surface area contributed by atoms with E-state index in [1.807, 2.05) is 12.1 Å². The van der Waals surface area contributed by atoms with Gasteiger partial charge in [0.15, 0.2) is 0 Å². The Kier molecular flexibility index (Phi) is 2.42. The van der Waals surface area contributed by atoms with Crippen LogP contribution in [0.5, 0.6) is 5.75 Å². The van der Waals surface area contributed by atoms with Crippen LogP contribution in [0.3, 0.4) is 0 Å². The normalized spacial score (nSPS) is 11.7. The van der Waals surface area contributed by atoms with Gasteiger partial charge >= 0.3 is 0 Å². The molecule has 0 bridgehead atoms. The Morgan fingerprint density at radius 1 is 1.12 bits per heavy atom. The van der Waals surface area contributed by atoms with Crippen molar-refractivity contribution in [2.75, 3.05) is 0 Å². The molecule has 0 radical (unpaired) electrons. The maximum Gasteiger partial charge on any atom is 0.139 e. The van der Waals surface area contributed by atoms with Crippen LogP contribution in [0.25, 0.3) is 5.69 Å². The summed E-state index contributed by atoms with van der Waals surface area (Å²) in [6.45, 7) is 6.40. The molecule has 0 spiro atoms. The lowest BCUT2D eigenvalue weighted by atomic mass is 9.87. The van der Waals surface area contributed by atoms with Crippen LogP contribution in [0.2, 0.25) is 0 Å². The van der Waals surface area contributed by atoms with Crippen molar-refractivity contribution in [1.29, 1.82) is 0 Å². The average Bonchev–Trinajstić information content (AvgIpc) is 2.69. The second kappa shape index (κ2) is 3.63. The van der Waals surface area contributed by atoms with Gasteiger partial charge in [0.25, 0.3) is 0 Å². The zero-order chi connectivity index (χ0) is 11.8. The Balaban J connectivity index is 2.54. The van der Waals surface area contributed by atoms with E-state index >= 15 is 0 Å². The van der Waals surface area contributed by atoms with Crippen molar-refractivity contribution in [3.05, 3.63) is 36.4 Å². The molecule has 2 aromatic rings. The van der Waals surface area contributed by atoms with E-state index < -0.39 is 0 Å². The highest BCUT2D eigenvalue weighted by molar-refractivity contribution is 5.49. The summed E-state index contributed by atoms with van der Waals surface area (Å²) in [6, 6.07) is 5.60. The van der Waals surface area contributed by atoms with E-state index in [-0.39, 0.29) is 11.2 Å². The Labute approximate surface area is 94.6 Å². The number of nitrogens with zero attached hydrogens (tertiary/aromatic N) is 3. The fourth-order valence-corrected chi connectivity index (χ4v) is 1.52. The molecule has 16 heavy (non-hydrogen) atoms. The van der Waals surface area contributed by atoms with Crippen molar-refractivity contribution in [2.24, 2.45) is 0 Å². The molecule has 0 atom stereocenters. The van der Waals surface area contributed by atoms with Crippen LogP contribution in [0, 0.1) is 0 Å². The largest absolute Gasteiger partial charge is 0.506 e. The zero-order valence-electron chi connectivity index (χ0n) is 9.68. The number of hydrogen-bond acceptors (Lipinski definition) is 3. The van der Waals surface area contributed by atoms with Crippen molar-refractivity contribution in [2.45, 2.75) is 26.2 Å². The highest BCUT2D eigenvalue weighted by Gasteiger charge is 2.15. The highest BCUT2D eigenvalue weighted by Crippen LogP contribution is 2.29. The summed E-state index contributed by atoms with van der Waals surface area (Å²) >= 11 is 0. The van der Waals surface area contributed by atoms with E-state index in [1.165, 1.54) is 0 Å². The summed E-state index contributed by atoms with van der Waals surface area (Å²) in [5.74, 6) is 0.229. The number of aromatic hydroxyl groups is 1. The van der Waals surface area contributed by atoms with Crippen molar-refractivity contribution < 1.29 is 5.11 Å². The minimum absolute atomic E-state index is 0.0520. The summed E-state index contributed by atoms with van der Waals surface area (Å²) in [4.78, 5) is 0. The van der Waals surface area contributed by atoms with Gasteiger partial charge in [0, 0.05) is 0 Å². The molecule has 0 saturated heterocycles. The first kappa shape index (κ1) is 10.7. The molecule has 1 N–H and O–H groups in total. The first-order chi connectivity index (χ1) is 7.48. The van der Waals surface area contributed by atoms with E-state index in [4.69, 9.17) is 0 Å². The molecule has 0 amide bonds. The predicted octanol–water partition coefficient (Wildman–Crippen LogP) is 2.27. The van der Waals surface area contributed by atoms with Gasteiger partial charge in [-0.1, -0.05) is 26.8 Å². The zero-order valence-corrected chi connectivity index (χ0v) is 9.68. The standard InChI is InChI=1S/C12H15N3O/c1-12(2,3)9-4-5-11(16)10(6-9)15-7-13-14-8-15/h4-8,16H,1-3H3. The monoisotopic (exact) mass is 217 g/mol. The number of phenolic OH excluding ortho intramolecular Hbond substituents is 1. The molecule has 4 nitrogen and oxygen atoms in total. The lowest BCUT2D eigenvalue weighted by Crippen LogP contribution is -2.11. The third kappa shape index (κ3) is 1.91. The molecule has 4 heteroatoms. The van der Waals surface area contributed by atoms with Crippen LogP contribution < -0.4 is 0 Å². The van der Waals surface area contributed by atoms with Crippen molar-refractivity contribution in [3.63, 3.8) is 0 Å². The average molecular weight is 217 g/mol. The molecule has 1 aromatic carbocycles. The smallest absolute Gasteiger partial charge is 0.139 e. The molecule has 1 aromatic heterocycles. The van der Waals surface area contributed by atoms with Crippen LogP contribution in [0.1, 0.15) is 26.3 Å². The quantitative estimate of drug-likeness (QED) is 0.797. The molecule has 84 valence electrons. The Hall–Kier alpha value is -1.84. The van der Waals surface area contributed by atoms with Gasteiger partial charge in [-0.2, -0.15) is 0 Å². The van der Waals surface area contributed by atoms with Gasteiger partial charge in [-0.25, -0.2) is 0 Å². The molecule has 2 rings (SSSR count). The van der Waals surface area contributed by atoms with Crippen LogP contribution in [0.4, 0.5) is 0 Å². The molecule has 0 aliphatic rings. The SMILES string of the molecule is CC(C)(C)c1ccc(O)c(-n2cnnc2)c1. The van der Waals surface area contributed by atoms with Gasteiger partial charge < -0.3 is 5.11 Å². The minimum Gasteiger partial charge on any atom is -0.506 e. The Morgan fingerprint density at radius 2 is 1.75 bits per heavy atom. The molecule has 1 heterocycles. The molecule has 0 saturated carbocycles. The molecule has 0 fully saturated rings. The van der Waals surface area contributed by atoms with Gasteiger partial charge in [0.2, 0.25) is 0 Å². The van der Waals surface area contributed by atoms with Crippen LogP contribution in [-0.4, -0.2) is 19.9 Å². The number of aromatic nitrogens is 3. The summed E-state index contributed by atoms with van der Waals surface area (Å²) in [5.41, 5.74) is 1.92. The molecular weight excluding hydrogens is 202 g/mol. The van der Waals surface area contributed by atoms with Gasteiger partial charge in [0.1, 0.15) is 18.4 Å². The Morgan fingerprint density at radius 3 is 2.31 bits per heavy atom. The summed E-state index contributed by atoms with van der Waals surface area (Å²) < 4.78 is 1.70. The van der Waals surface area contributed by atoms with E-state index in [0.29, 0.717) is 5.69 Å². The van der Waals surface area contributed by atoms with E-state index in [2.05, 4.69) is 31.0 Å². The maximum absolute atomic E-state index is 9.80. The second-order valence-corrected chi connectivity index (χ2v) is 4.82. The Bertz CT molecular complexity index is 483. The maximum atomic E-state index is 9.80. The van der Waals surface area contributed by atoms with Crippen molar-refractivity contribution >= 4 is 0 Å². The number of phenols is 1. The van der Waals surface area contributed by atoms with E-state index in [0.717, 1.165) is 5.56 Å². The number of hydrogen-bond donors (Lipinski definition) is 1. The lowest BCUT2D eigenvalue weighted by molar-refractivity contribution is 0.471. The van der Waals surface area contributed by atoms with Crippen molar-refractivity contribution in [1.82, 2.24) is 14.8 Å². The summed E-state index contributed by atoms with van der Waals surface area (Å²) in [5, 5.41) is 17.3. The van der Waals surface area contributed by atoms with Gasteiger partial charge in [0.05, 0.1) is 5.69 Å². The fourth-order valence-electron chi connectivity index (χ4n) is 1.52. The van der Waals surface area contributed by atoms with E-state index in [1.54, 1.807) is 23.3 Å². The topological polar surface area (TPSA) is 50.9 Å². The molecule has 0 unspecified atom stereocenters. The minimum atomic E-state index is 0.0520. The number of benzene rings is 1. The van der Waals surface area contributed by atoms with Crippen LogP contribution in [0.15, 0.2) is 30.9 Å². The third-order valence-electron chi connectivity index (χ3n) is 2.54. The third-order valence-corrected chi connectivity index (χ3v) is 2.54. The van der Waals surface area contributed by atoms with Crippen molar-refractivity contribution in [3.8, 4) is 11.4 Å².